The fraction of sp³-hybridized carbons (Fsp3) is 0.692. The Kier molecular flexibility index (Phi) is 5.74. The molecule has 1 N–H and O–H groups in total. The van der Waals surface area contributed by atoms with Crippen molar-refractivity contribution in [3.05, 3.63) is 12.2 Å². The average molecular weight is 312 g/mol. The lowest BCUT2D eigenvalue weighted by atomic mass is 9.82. The number of carboxylic acids is 1. The van der Waals surface area contributed by atoms with Gasteiger partial charge in [-0.05, 0) is 12.8 Å². The van der Waals surface area contributed by atoms with Crippen molar-refractivity contribution in [3.8, 4) is 0 Å². The highest BCUT2D eigenvalue weighted by molar-refractivity contribution is 5.90. The number of rotatable bonds is 6. The standard InChI is InChI=1S/C13H16F4O4/c14-12(15,8-21-11(20)7-6-10(18)19)13(16,17)9-4-2-1-3-5-9/h6-7,9H,1-5,8H2,(H,18,19)/b7-6+. The van der Waals surface area contributed by atoms with Crippen LogP contribution in [-0.2, 0) is 14.3 Å². The van der Waals surface area contributed by atoms with E-state index in [9.17, 15) is 27.2 Å². The van der Waals surface area contributed by atoms with Crippen LogP contribution in [0.4, 0.5) is 17.6 Å². The van der Waals surface area contributed by atoms with Crippen molar-refractivity contribution in [3.63, 3.8) is 0 Å². The summed E-state index contributed by atoms with van der Waals surface area (Å²) in [5.41, 5.74) is 0. The van der Waals surface area contributed by atoms with Gasteiger partial charge in [0.25, 0.3) is 0 Å². The second-order valence-electron chi connectivity index (χ2n) is 4.94. The first kappa shape index (κ1) is 17.5. The van der Waals surface area contributed by atoms with E-state index < -0.39 is 36.3 Å². The van der Waals surface area contributed by atoms with Crippen LogP contribution >= 0.6 is 0 Å². The number of carbonyl (C=O) groups is 2. The maximum absolute atomic E-state index is 13.8. The summed E-state index contributed by atoms with van der Waals surface area (Å²) in [4.78, 5) is 21.1. The molecule has 0 radical (unpaired) electrons. The van der Waals surface area contributed by atoms with Crippen molar-refractivity contribution in [1.82, 2.24) is 0 Å². The molecule has 1 fully saturated rings. The summed E-state index contributed by atoms with van der Waals surface area (Å²) in [6, 6.07) is 0. The van der Waals surface area contributed by atoms with Crippen LogP contribution in [0.1, 0.15) is 32.1 Å². The summed E-state index contributed by atoms with van der Waals surface area (Å²) >= 11 is 0. The minimum atomic E-state index is -4.48. The van der Waals surface area contributed by atoms with Crippen molar-refractivity contribution < 1.29 is 37.0 Å². The first-order valence-corrected chi connectivity index (χ1v) is 6.50. The van der Waals surface area contributed by atoms with Gasteiger partial charge in [-0.1, -0.05) is 19.3 Å². The Hall–Kier alpha value is -1.60. The van der Waals surface area contributed by atoms with Crippen LogP contribution in [0.3, 0.4) is 0 Å². The first-order valence-electron chi connectivity index (χ1n) is 6.50. The molecule has 0 bridgehead atoms. The minimum Gasteiger partial charge on any atom is -0.478 e. The van der Waals surface area contributed by atoms with Gasteiger partial charge < -0.3 is 9.84 Å². The number of alkyl halides is 4. The summed E-state index contributed by atoms with van der Waals surface area (Å²) in [7, 11) is 0. The third kappa shape index (κ3) is 4.71. The number of hydrogen-bond acceptors (Lipinski definition) is 3. The molecule has 0 spiro atoms. The molecular formula is C13H16F4O4. The highest BCUT2D eigenvalue weighted by atomic mass is 19.3. The summed E-state index contributed by atoms with van der Waals surface area (Å²) < 4.78 is 58.8. The third-order valence-electron chi connectivity index (χ3n) is 3.36. The van der Waals surface area contributed by atoms with Gasteiger partial charge in [0, 0.05) is 18.1 Å². The maximum Gasteiger partial charge on any atom is 0.343 e. The third-order valence-corrected chi connectivity index (χ3v) is 3.36. The molecule has 8 heteroatoms. The predicted molar refractivity (Wildman–Crippen MR) is 64.2 cm³/mol. The lowest BCUT2D eigenvalue weighted by molar-refractivity contribution is -0.256. The molecule has 21 heavy (non-hydrogen) atoms. The zero-order chi connectivity index (χ0) is 16.1. The van der Waals surface area contributed by atoms with Crippen molar-refractivity contribution >= 4 is 11.9 Å². The highest BCUT2D eigenvalue weighted by Gasteiger charge is 2.61. The SMILES string of the molecule is O=C(O)/C=C/C(=O)OCC(F)(F)C(F)(F)C1CCCCC1. The van der Waals surface area contributed by atoms with E-state index in [1.54, 1.807) is 0 Å². The molecular weight excluding hydrogens is 296 g/mol. The number of halogens is 4. The van der Waals surface area contributed by atoms with E-state index in [1.165, 1.54) is 0 Å². The molecule has 0 aromatic heterocycles. The lowest BCUT2D eigenvalue weighted by Crippen LogP contribution is -2.50. The van der Waals surface area contributed by atoms with E-state index in [-0.39, 0.29) is 12.8 Å². The second-order valence-corrected chi connectivity index (χ2v) is 4.94. The number of hydrogen-bond donors (Lipinski definition) is 1. The number of carbonyl (C=O) groups excluding carboxylic acids is 1. The molecule has 120 valence electrons. The van der Waals surface area contributed by atoms with Crippen LogP contribution in [0, 0.1) is 5.92 Å². The van der Waals surface area contributed by atoms with Crippen LogP contribution in [0.25, 0.3) is 0 Å². The predicted octanol–water partition coefficient (Wildman–Crippen LogP) is 3.02. The van der Waals surface area contributed by atoms with Gasteiger partial charge in [0.05, 0.1) is 0 Å². The van der Waals surface area contributed by atoms with Crippen LogP contribution in [0.15, 0.2) is 12.2 Å². The molecule has 1 aliphatic carbocycles. The van der Waals surface area contributed by atoms with Gasteiger partial charge in [0.15, 0.2) is 6.61 Å². The summed E-state index contributed by atoms with van der Waals surface area (Å²) in [5.74, 6) is -13.1. The molecule has 1 aliphatic rings. The van der Waals surface area contributed by atoms with Gasteiger partial charge in [-0.3, -0.25) is 0 Å². The van der Waals surface area contributed by atoms with Gasteiger partial charge in [0.1, 0.15) is 0 Å². The van der Waals surface area contributed by atoms with E-state index in [4.69, 9.17) is 5.11 Å². The Bertz CT molecular complexity index is 414. The van der Waals surface area contributed by atoms with Crippen LogP contribution in [0.5, 0.6) is 0 Å². The van der Waals surface area contributed by atoms with E-state index in [2.05, 4.69) is 4.74 Å². The minimum absolute atomic E-state index is 0.00938. The quantitative estimate of drug-likeness (QED) is 0.465. The number of ether oxygens (including phenoxy) is 1. The zero-order valence-corrected chi connectivity index (χ0v) is 11.2. The Morgan fingerprint density at radius 3 is 2.19 bits per heavy atom. The van der Waals surface area contributed by atoms with E-state index >= 15 is 0 Å². The smallest absolute Gasteiger partial charge is 0.343 e. The van der Waals surface area contributed by atoms with Crippen molar-refractivity contribution in [2.75, 3.05) is 6.61 Å². The first-order chi connectivity index (χ1) is 9.67. The Morgan fingerprint density at radius 2 is 1.67 bits per heavy atom. The largest absolute Gasteiger partial charge is 0.478 e. The fourth-order valence-electron chi connectivity index (χ4n) is 2.21. The van der Waals surface area contributed by atoms with Gasteiger partial charge in [-0.25, -0.2) is 9.59 Å². The van der Waals surface area contributed by atoms with E-state index in [1.807, 2.05) is 0 Å². The van der Waals surface area contributed by atoms with Crippen molar-refractivity contribution in [1.29, 1.82) is 0 Å². The monoisotopic (exact) mass is 312 g/mol. The molecule has 1 rings (SSSR count). The summed E-state index contributed by atoms with van der Waals surface area (Å²) in [6.45, 7) is -1.78. The molecule has 0 saturated heterocycles. The van der Waals surface area contributed by atoms with Gasteiger partial charge in [-0.2, -0.15) is 17.6 Å². The molecule has 0 atom stereocenters. The summed E-state index contributed by atoms with van der Waals surface area (Å²) in [6.07, 6.45) is 2.46. The van der Waals surface area contributed by atoms with Crippen LogP contribution in [-0.4, -0.2) is 35.5 Å². The molecule has 0 aliphatic heterocycles. The Balaban J connectivity index is 2.62. The van der Waals surface area contributed by atoms with Crippen molar-refractivity contribution in [2.24, 2.45) is 5.92 Å². The maximum atomic E-state index is 13.8. The Morgan fingerprint density at radius 1 is 1.10 bits per heavy atom. The second kappa shape index (κ2) is 6.91. The zero-order valence-electron chi connectivity index (χ0n) is 11.2. The molecule has 1 saturated carbocycles. The highest BCUT2D eigenvalue weighted by Crippen LogP contribution is 2.46. The van der Waals surface area contributed by atoms with Crippen LogP contribution in [0.2, 0.25) is 0 Å². The topological polar surface area (TPSA) is 63.6 Å². The molecule has 0 unspecified atom stereocenters. The van der Waals surface area contributed by atoms with Gasteiger partial charge >= 0.3 is 23.8 Å². The molecule has 4 nitrogen and oxygen atoms in total. The van der Waals surface area contributed by atoms with E-state index in [0.29, 0.717) is 25.0 Å². The number of esters is 1. The van der Waals surface area contributed by atoms with Crippen LogP contribution < -0.4 is 0 Å². The van der Waals surface area contributed by atoms with Gasteiger partial charge in [-0.15, -0.1) is 0 Å². The van der Waals surface area contributed by atoms with Crippen molar-refractivity contribution in [2.45, 2.75) is 43.9 Å². The van der Waals surface area contributed by atoms with Gasteiger partial charge in [0.2, 0.25) is 0 Å². The molecule has 0 heterocycles. The normalized spacial score (nSPS) is 17.9. The van der Waals surface area contributed by atoms with E-state index in [0.717, 1.165) is 6.42 Å². The molecule has 0 aromatic carbocycles. The molecule has 0 amide bonds. The fourth-order valence-corrected chi connectivity index (χ4v) is 2.21. The summed E-state index contributed by atoms with van der Waals surface area (Å²) in [5, 5.41) is 8.23. The number of carboxylic acid groups (broad SMARTS) is 1. The lowest BCUT2D eigenvalue weighted by Gasteiger charge is -2.34. The number of aliphatic carboxylic acids is 1. The Labute approximate surface area is 118 Å². The molecule has 0 aromatic rings. The average Bonchev–Trinajstić information content (AvgIpc) is 2.43.